The summed E-state index contributed by atoms with van der Waals surface area (Å²) in [6, 6.07) is 7.39. The second kappa shape index (κ2) is 8.71. The summed E-state index contributed by atoms with van der Waals surface area (Å²) in [6.45, 7) is 4.02. The molecule has 1 aromatic rings. The summed E-state index contributed by atoms with van der Waals surface area (Å²) in [5.74, 6) is 0.00674. The van der Waals surface area contributed by atoms with Crippen molar-refractivity contribution >= 4 is 5.97 Å². The molecule has 0 heterocycles. The van der Waals surface area contributed by atoms with Crippen molar-refractivity contribution in [1.29, 1.82) is 0 Å². The highest BCUT2D eigenvalue weighted by Gasteiger charge is 2.34. The Kier molecular flexibility index (Phi) is 7.27. The molecule has 118 valence electrons. The first-order chi connectivity index (χ1) is 10.0. The average Bonchev–Trinajstić information content (AvgIpc) is 2.50. The Morgan fingerprint density at radius 3 is 2.19 bits per heavy atom. The van der Waals surface area contributed by atoms with Gasteiger partial charge in [0.05, 0.1) is 12.5 Å². The van der Waals surface area contributed by atoms with E-state index in [0.29, 0.717) is 6.42 Å². The van der Waals surface area contributed by atoms with Crippen LogP contribution < -0.4 is 4.74 Å². The summed E-state index contributed by atoms with van der Waals surface area (Å²) in [5.41, 5.74) is 0.0428. The molecule has 1 atom stereocenters. The zero-order valence-electron chi connectivity index (χ0n) is 13.5. The molecule has 0 radical (unpaired) electrons. The number of carboxylic acids is 1. The zero-order chi connectivity index (χ0) is 15.7. The first-order valence-electron chi connectivity index (χ1n) is 7.92. The summed E-state index contributed by atoms with van der Waals surface area (Å²) < 4.78 is 5.13. The van der Waals surface area contributed by atoms with E-state index in [-0.39, 0.29) is 0 Å². The van der Waals surface area contributed by atoms with Crippen molar-refractivity contribution in [2.45, 2.75) is 64.2 Å². The van der Waals surface area contributed by atoms with Crippen molar-refractivity contribution in [1.82, 2.24) is 0 Å². The van der Waals surface area contributed by atoms with E-state index in [9.17, 15) is 9.90 Å². The lowest BCUT2D eigenvalue weighted by molar-refractivity contribution is -0.143. The smallest absolute Gasteiger partial charge is 0.313 e. The molecule has 1 N–H and O–H groups in total. The molecule has 0 fully saturated rings. The molecular weight excluding hydrogens is 264 g/mol. The van der Waals surface area contributed by atoms with Crippen molar-refractivity contribution in [3.05, 3.63) is 29.8 Å². The number of carbonyl (C=O) groups is 1. The number of carboxylic acid groups (broad SMARTS) is 1. The van der Waals surface area contributed by atoms with Gasteiger partial charge in [-0.05, 0) is 31.0 Å². The fraction of sp³-hybridized carbons (Fsp3) is 0.611. The number of methoxy groups -OCH3 is 1. The van der Waals surface area contributed by atoms with Gasteiger partial charge < -0.3 is 9.84 Å². The van der Waals surface area contributed by atoms with E-state index in [0.717, 1.165) is 24.2 Å². The van der Waals surface area contributed by atoms with Crippen LogP contribution in [0, 0.1) is 0 Å². The topological polar surface area (TPSA) is 46.5 Å². The van der Waals surface area contributed by atoms with Crippen LogP contribution in [0.5, 0.6) is 5.75 Å². The molecule has 0 aliphatic carbocycles. The minimum Gasteiger partial charge on any atom is -0.497 e. The van der Waals surface area contributed by atoms with Gasteiger partial charge in [-0.1, -0.05) is 57.6 Å². The molecule has 0 amide bonds. The Bertz CT molecular complexity index is 425. The molecule has 0 bridgehead atoms. The molecule has 3 heteroatoms. The normalized spacial score (nSPS) is 13.7. The average molecular weight is 292 g/mol. The number of benzene rings is 1. The van der Waals surface area contributed by atoms with Crippen molar-refractivity contribution in [2.24, 2.45) is 0 Å². The highest BCUT2D eigenvalue weighted by molar-refractivity contribution is 5.80. The maximum Gasteiger partial charge on any atom is 0.313 e. The molecule has 0 aliphatic rings. The highest BCUT2D eigenvalue weighted by Crippen LogP contribution is 2.31. The minimum absolute atomic E-state index is 0.681. The summed E-state index contributed by atoms with van der Waals surface area (Å²) in [7, 11) is 1.61. The maximum absolute atomic E-state index is 11.7. The van der Waals surface area contributed by atoms with E-state index >= 15 is 0 Å². The fourth-order valence-corrected chi connectivity index (χ4v) is 2.59. The van der Waals surface area contributed by atoms with Gasteiger partial charge in [-0.25, -0.2) is 0 Å². The Labute approximate surface area is 128 Å². The molecule has 0 aliphatic heterocycles. The van der Waals surface area contributed by atoms with E-state index in [1.807, 2.05) is 31.2 Å². The molecule has 0 spiro atoms. The van der Waals surface area contributed by atoms with Crippen LogP contribution >= 0.6 is 0 Å². The number of unbranched alkanes of at least 4 members (excludes halogenated alkanes) is 5. The van der Waals surface area contributed by atoms with Gasteiger partial charge in [-0.15, -0.1) is 0 Å². The van der Waals surface area contributed by atoms with Gasteiger partial charge in [0.2, 0.25) is 0 Å². The molecule has 3 nitrogen and oxygen atoms in total. The maximum atomic E-state index is 11.7. The Morgan fingerprint density at radius 1 is 1.10 bits per heavy atom. The first-order valence-corrected chi connectivity index (χ1v) is 7.92. The van der Waals surface area contributed by atoms with E-state index in [1.54, 1.807) is 7.11 Å². The van der Waals surface area contributed by atoms with Crippen molar-refractivity contribution in [2.75, 3.05) is 7.11 Å². The minimum atomic E-state index is -0.809. The lowest BCUT2D eigenvalue weighted by atomic mass is 9.78. The van der Waals surface area contributed by atoms with E-state index in [1.165, 1.54) is 25.7 Å². The van der Waals surface area contributed by atoms with Gasteiger partial charge in [0.1, 0.15) is 5.75 Å². The molecule has 1 aromatic carbocycles. The van der Waals surface area contributed by atoms with Gasteiger partial charge >= 0.3 is 5.97 Å². The summed E-state index contributed by atoms with van der Waals surface area (Å²) >= 11 is 0. The van der Waals surface area contributed by atoms with Crippen LogP contribution in [0.25, 0.3) is 0 Å². The quantitative estimate of drug-likeness (QED) is 0.631. The molecular formula is C18H28O3. The molecule has 0 saturated heterocycles. The number of ether oxygens (including phenoxy) is 1. The van der Waals surface area contributed by atoms with Gasteiger partial charge in [-0.2, -0.15) is 0 Å². The predicted molar refractivity (Wildman–Crippen MR) is 86.0 cm³/mol. The molecule has 0 saturated carbocycles. The highest BCUT2D eigenvalue weighted by atomic mass is 16.5. The second-order valence-corrected chi connectivity index (χ2v) is 5.88. The lowest BCUT2D eigenvalue weighted by Gasteiger charge is -2.25. The largest absolute Gasteiger partial charge is 0.497 e. The first kappa shape index (κ1) is 17.5. The van der Waals surface area contributed by atoms with Gasteiger partial charge in [0, 0.05) is 0 Å². The Morgan fingerprint density at radius 2 is 1.67 bits per heavy atom. The number of hydrogen-bond acceptors (Lipinski definition) is 2. The van der Waals surface area contributed by atoms with Crippen LogP contribution in [-0.4, -0.2) is 18.2 Å². The van der Waals surface area contributed by atoms with Gasteiger partial charge in [0.15, 0.2) is 0 Å². The van der Waals surface area contributed by atoms with Crippen LogP contribution in [0.2, 0.25) is 0 Å². The van der Waals surface area contributed by atoms with E-state index in [4.69, 9.17) is 4.74 Å². The number of hydrogen-bond donors (Lipinski definition) is 1. The number of aliphatic carboxylic acids is 1. The fourth-order valence-electron chi connectivity index (χ4n) is 2.59. The monoisotopic (exact) mass is 292 g/mol. The van der Waals surface area contributed by atoms with E-state index in [2.05, 4.69) is 6.92 Å². The van der Waals surface area contributed by atoms with Gasteiger partial charge in [-0.3, -0.25) is 4.79 Å². The third kappa shape index (κ3) is 5.07. The summed E-state index contributed by atoms with van der Waals surface area (Å²) in [5, 5.41) is 9.62. The third-order valence-electron chi connectivity index (χ3n) is 4.23. The molecule has 0 aromatic heterocycles. The third-order valence-corrected chi connectivity index (χ3v) is 4.23. The molecule has 21 heavy (non-hydrogen) atoms. The zero-order valence-corrected chi connectivity index (χ0v) is 13.5. The van der Waals surface area contributed by atoms with Crippen molar-refractivity contribution < 1.29 is 14.6 Å². The Hall–Kier alpha value is -1.51. The number of rotatable bonds is 10. The van der Waals surface area contributed by atoms with Crippen LogP contribution in [0.4, 0.5) is 0 Å². The van der Waals surface area contributed by atoms with Gasteiger partial charge in [0.25, 0.3) is 0 Å². The van der Waals surface area contributed by atoms with Crippen LogP contribution in [0.15, 0.2) is 24.3 Å². The van der Waals surface area contributed by atoms with Crippen LogP contribution in [-0.2, 0) is 10.2 Å². The van der Waals surface area contributed by atoms with Crippen molar-refractivity contribution in [3.63, 3.8) is 0 Å². The molecule has 1 rings (SSSR count). The van der Waals surface area contributed by atoms with Crippen LogP contribution in [0.3, 0.4) is 0 Å². The SMILES string of the molecule is CCCCCCCCC(C)(C(=O)O)c1ccc(OC)cc1. The summed E-state index contributed by atoms with van der Waals surface area (Å²) in [4.78, 5) is 11.7. The predicted octanol–water partition coefficient (Wildman–Crippen LogP) is 4.79. The molecule has 1 unspecified atom stereocenters. The second-order valence-electron chi connectivity index (χ2n) is 5.88. The Balaban J connectivity index is 2.62. The van der Waals surface area contributed by atoms with Crippen molar-refractivity contribution in [3.8, 4) is 5.75 Å². The summed E-state index contributed by atoms with van der Waals surface area (Å²) in [6.07, 6.45) is 7.71. The standard InChI is InChI=1S/C18H28O3/c1-4-5-6-7-8-9-14-18(2,17(19)20)15-10-12-16(21-3)13-11-15/h10-13H,4-9,14H2,1-3H3,(H,19,20). The van der Waals surface area contributed by atoms with Crippen LogP contribution in [0.1, 0.15) is 64.4 Å². The van der Waals surface area contributed by atoms with E-state index < -0.39 is 11.4 Å². The lowest BCUT2D eigenvalue weighted by Crippen LogP contribution is -2.32.